The SMILES string of the molecule is CCOc1cc(/C=N\NC(=O)c2ccc(C)cc2OC)ccc1OC. The lowest BCUT2D eigenvalue weighted by Crippen LogP contribution is -2.18. The number of carbonyl (C=O) groups is 1. The Labute approximate surface area is 147 Å². The molecule has 0 spiro atoms. The fraction of sp³-hybridized carbons (Fsp3) is 0.263. The first-order valence-corrected chi connectivity index (χ1v) is 7.88. The van der Waals surface area contributed by atoms with E-state index in [0.717, 1.165) is 11.1 Å². The summed E-state index contributed by atoms with van der Waals surface area (Å²) in [4.78, 5) is 12.2. The zero-order valence-electron chi connectivity index (χ0n) is 14.8. The average Bonchev–Trinajstić information content (AvgIpc) is 2.62. The molecule has 1 N–H and O–H groups in total. The Morgan fingerprint density at radius 1 is 1.08 bits per heavy atom. The molecule has 0 aliphatic rings. The summed E-state index contributed by atoms with van der Waals surface area (Å²) in [5, 5.41) is 4.00. The van der Waals surface area contributed by atoms with Gasteiger partial charge in [0.05, 0.1) is 32.6 Å². The number of benzene rings is 2. The number of amides is 1. The molecule has 0 heterocycles. The van der Waals surface area contributed by atoms with Gasteiger partial charge < -0.3 is 14.2 Å². The number of carbonyl (C=O) groups excluding carboxylic acids is 1. The number of aryl methyl sites for hydroxylation is 1. The Balaban J connectivity index is 2.10. The zero-order valence-corrected chi connectivity index (χ0v) is 14.8. The third kappa shape index (κ3) is 4.73. The van der Waals surface area contributed by atoms with E-state index in [1.165, 1.54) is 7.11 Å². The van der Waals surface area contributed by atoms with E-state index in [1.54, 1.807) is 37.6 Å². The zero-order chi connectivity index (χ0) is 18.2. The number of ether oxygens (including phenoxy) is 3. The van der Waals surface area contributed by atoms with E-state index in [0.29, 0.717) is 29.4 Å². The van der Waals surface area contributed by atoms with Crippen LogP contribution < -0.4 is 19.6 Å². The standard InChI is InChI=1S/C19H22N2O4/c1-5-25-18-11-14(7-9-16(18)23-3)12-20-21-19(22)15-8-6-13(2)10-17(15)24-4/h6-12H,5H2,1-4H3,(H,21,22)/b20-12-. The number of rotatable bonds is 7. The molecule has 2 aromatic carbocycles. The molecule has 0 bridgehead atoms. The number of nitrogens with one attached hydrogen (secondary N) is 1. The van der Waals surface area contributed by atoms with E-state index in [-0.39, 0.29) is 5.91 Å². The second-order valence-corrected chi connectivity index (χ2v) is 5.25. The average molecular weight is 342 g/mol. The van der Waals surface area contributed by atoms with Crippen molar-refractivity contribution in [3.8, 4) is 17.2 Å². The Kier molecular flexibility index (Phi) is 6.39. The minimum atomic E-state index is -0.341. The smallest absolute Gasteiger partial charge is 0.275 e. The molecular formula is C19H22N2O4. The summed E-state index contributed by atoms with van der Waals surface area (Å²) in [6, 6.07) is 10.8. The monoisotopic (exact) mass is 342 g/mol. The lowest BCUT2D eigenvalue weighted by atomic mass is 10.1. The molecule has 0 saturated heterocycles. The van der Waals surface area contributed by atoms with Crippen LogP contribution in [0.5, 0.6) is 17.2 Å². The second kappa shape index (κ2) is 8.73. The first kappa shape index (κ1) is 18.3. The maximum Gasteiger partial charge on any atom is 0.275 e. The molecule has 0 radical (unpaired) electrons. The van der Waals surface area contributed by atoms with Crippen molar-refractivity contribution in [1.82, 2.24) is 5.43 Å². The van der Waals surface area contributed by atoms with Crippen molar-refractivity contribution in [3.05, 3.63) is 53.1 Å². The minimum Gasteiger partial charge on any atom is -0.496 e. The highest BCUT2D eigenvalue weighted by molar-refractivity contribution is 5.97. The molecule has 0 aliphatic carbocycles. The predicted molar refractivity (Wildman–Crippen MR) is 97.0 cm³/mol. The van der Waals surface area contributed by atoms with Crippen molar-refractivity contribution in [2.45, 2.75) is 13.8 Å². The summed E-state index contributed by atoms with van der Waals surface area (Å²) in [6.07, 6.45) is 1.54. The van der Waals surface area contributed by atoms with Gasteiger partial charge in [0.1, 0.15) is 5.75 Å². The first-order chi connectivity index (χ1) is 12.1. The minimum absolute atomic E-state index is 0.341. The van der Waals surface area contributed by atoms with E-state index in [4.69, 9.17) is 14.2 Å². The Morgan fingerprint density at radius 3 is 2.52 bits per heavy atom. The Bertz CT molecular complexity index is 772. The number of hydrazone groups is 1. The fourth-order valence-corrected chi connectivity index (χ4v) is 2.25. The largest absolute Gasteiger partial charge is 0.496 e. The molecule has 2 aromatic rings. The maximum absolute atomic E-state index is 12.2. The number of hydrogen-bond donors (Lipinski definition) is 1. The Morgan fingerprint density at radius 2 is 1.84 bits per heavy atom. The van der Waals surface area contributed by atoms with Crippen molar-refractivity contribution in [2.24, 2.45) is 5.10 Å². The van der Waals surface area contributed by atoms with Crippen LogP contribution in [-0.2, 0) is 0 Å². The van der Waals surface area contributed by atoms with Gasteiger partial charge in [0.2, 0.25) is 0 Å². The van der Waals surface area contributed by atoms with E-state index in [2.05, 4.69) is 10.5 Å². The fourth-order valence-electron chi connectivity index (χ4n) is 2.25. The van der Waals surface area contributed by atoms with E-state index < -0.39 is 0 Å². The number of methoxy groups -OCH3 is 2. The van der Waals surface area contributed by atoms with Crippen LogP contribution in [-0.4, -0.2) is 32.9 Å². The highest BCUT2D eigenvalue weighted by atomic mass is 16.5. The number of hydrogen-bond acceptors (Lipinski definition) is 5. The molecule has 0 fully saturated rings. The van der Waals surface area contributed by atoms with Crippen molar-refractivity contribution < 1.29 is 19.0 Å². The van der Waals surface area contributed by atoms with Crippen LogP contribution in [0.3, 0.4) is 0 Å². The third-order valence-corrected chi connectivity index (χ3v) is 3.47. The van der Waals surface area contributed by atoms with Gasteiger partial charge in [-0.3, -0.25) is 4.79 Å². The van der Waals surface area contributed by atoms with Crippen LogP contribution in [0.2, 0.25) is 0 Å². The van der Waals surface area contributed by atoms with E-state index in [9.17, 15) is 4.79 Å². The van der Waals surface area contributed by atoms with Gasteiger partial charge in [-0.05, 0) is 55.3 Å². The van der Waals surface area contributed by atoms with Crippen LogP contribution in [0.1, 0.15) is 28.4 Å². The highest BCUT2D eigenvalue weighted by Crippen LogP contribution is 2.27. The van der Waals surface area contributed by atoms with Crippen LogP contribution in [0.4, 0.5) is 0 Å². The molecule has 132 valence electrons. The predicted octanol–water partition coefficient (Wildman–Crippen LogP) is 3.17. The summed E-state index contributed by atoms with van der Waals surface area (Å²) in [6.45, 7) is 4.36. The first-order valence-electron chi connectivity index (χ1n) is 7.88. The summed E-state index contributed by atoms with van der Waals surface area (Å²) >= 11 is 0. The molecule has 6 heteroatoms. The highest BCUT2D eigenvalue weighted by Gasteiger charge is 2.11. The third-order valence-electron chi connectivity index (χ3n) is 3.47. The summed E-state index contributed by atoms with van der Waals surface area (Å²) < 4.78 is 16.0. The molecule has 0 atom stereocenters. The van der Waals surface area contributed by atoms with Gasteiger partial charge in [-0.15, -0.1) is 0 Å². The molecule has 6 nitrogen and oxygen atoms in total. The van der Waals surface area contributed by atoms with Crippen molar-refractivity contribution in [2.75, 3.05) is 20.8 Å². The molecule has 0 aliphatic heterocycles. The molecular weight excluding hydrogens is 320 g/mol. The normalized spacial score (nSPS) is 10.6. The summed E-state index contributed by atoms with van der Waals surface area (Å²) in [7, 11) is 3.11. The van der Waals surface area contributed by atoms with Crippen LogP contribution >= 0.6 is 0 Å². The van der Waals surface area contributed by atoms with E-state index >= 15 is 0 Å². The molecule has 0 saturated carbocycles. The van der Waals surface area contributed by atoms with E-state index in [1.807, 2.05) is 26.0 Å². The summed E-state index contributed by atoms with van der Waals surface area (Å²) in [5.41, 5.74) is 4.72. The lowest BCUT2D eigenvalue weighted by molar-refractivity contribution is 0.0952. The van der Waals surface area contributed by atoms with Crippen molar-refractivity contribution in [1.29, 1.82) is 0 Å². The topological polar surface area (TPSA) is 69.2 Å². The summed E-state index contributed by atoms with van der Waals surface area (Å²) in [5.74, 6) is 1.44. The van der Waals surface area contributed by atoms with Crippen LogP contribution in [0.15, 0.2) is 41.5 Å². The molecule has 1 amide bonds. The molecule has 2 rings (SSSR count). The van der Waals surface area contributed by atoms with Gasteiger partial charge in [0.15, 0.2) is 11.5 Å². The quantitative estimate of drug-likeness (QED) is 0.620. The number of nitrogens with zero attached hydrogens (tertiary/aromatic N) is 1. The van der Waals surface area contributed by atoms with Crippen LogP contribution in [0, 0.1) is 6.92 Å². The van der Waals surface area contributed by atoms with Gasteiger partial charge in [-0.25, -0.2) is 5.43 Å². The van der Waals surface area contributed by atoms with Crippen molar-refractivity contribution >= 4 is 12.1 Å². The molecule has 0 unspecified atom stereocenters. The lowest BCUT2D eigenvalue weighted by Gasteiger charge is -2.09. The van der Waals surface area contributed by atoms with Crippen molar-refractivity contribution in [3.63, 3.8) is 0 Å². The van der Waals surface area contributed by atoms with Gasteiger partial charge in [-0.2, -0.15) is 5.10 Å². The molecule has 25 heavy (non-hydrogen) atoms. The van der Waals surface area contributed by atoms with Gasteiger partial charge in [0, 0.05) is 0 Å². The van der Waals surface area contributed by atoms with Gasteiger partial charge in [-0.1, -0.05) is 6.07 Å². The molecule has 0 aromatic heterocycles. The van der Waals surface area contributed by atoms with Crippen LogP contribution in [0.25, 0.3) is 0 Å². The maximum atomic E-state index is 12.2. The second-order valence-electron chi connectivity index (χ2n) is 5.25. The Hall–Kier alpha value is -3.02. The van der Waals surface area contributed by atoms with Gasteiger partial charge in [0.25, 0.3) is 5.91 Å². The van der Waals surface area contributed by atoms with Gasteiger partial charge >= 0.3 is 0 Å².